The van der Waals surface area contributed by atoms with E-state index < -0.39 is 28.8 Å². The number of hydrogen-bond acceptors (Lipinski definition) is 4. The first kappa shape index (κ1) is 20.6. The van der Waals surface area contributed by atoms with Crippen molar-refractivity contribution in [3.8, 4) is 0 Å². The van der Waals surface area contributed by atoms with Crippen molar-refractivity contribution in [1.29, 1.82) is 0 Å². The smallest absolute Gasteiger partial charge is 0.335 e. The predicted octanol–water partition coefficient (Wildman–Crippen LogP) is 3.15. The van der Waals surface area contributed by atoms with Gasteiger partial charge in [-0.25, -0.2) is 9.18 Å². The van der Waals surface area contributed by atoms with Crippen LogP contribution in [0.15, 0.2) is 18.2 Å². The first-order chi connectivity index (χ1) is 11.3. The minimum absolute atomic E-state index is 0.102. The molecule has 0 aliphatic rings. The highest BCUT2D eigenvalue weighted by Gasteiger charge is 2.25. The van der Waals surface area contributed by atoms with Crippen LogP contribution in [-0.4, -0.2) is 34.1 Å². The zero-order valence-electron chi connectivity index (χ0n) is 15.1. The molecule has 1 rings (SSSR count). The highest BCUT2D eigenvalue weighted by molar-refractivity contribution is 5.96. The van der Waals surface area contributed by atoms with Crippen LogP contribution in [-0.2, 0) is 9.53 Å². The van der Waals surface area contributed by atoms with Gasteiger partial charge in [-0.3, -0.25) is 9.59 Å². The second kappa shape index (κ2) is 7.63. The summed E-state index contributed by atoms with van der Waals surface area (Å²) < 4.78 is 19.1. The van der Waals surface area contributed by atoms with Crippen molar-refractivity contribution < 1.29 is 28.6 Å². The second-order valence-corrected chi connectivity index (χ2v) is 7.42. The van der Waals surface area contributed by atoms with Gasteiger partial charge in [0, 0.05) is 12.0 Å². The number of esters is 1. The lowest BCUT2D eigenvalue weighted by atomic mass is 9.97. The molecule has 0 bridgehead atoms. The summed E-state index contributed by atoms with van der Waals surface area (Å²) in [5, 5.41) is 11.5. The number of nitrogens with one attached hydrogen (secondary N) is 1. The van der Waals surface area contributed by atoms with E-state index in [0.717, 1.165) is 18.2 Å². The number of amides is 1. The fourth-order valence-electron chi connectivity index (χ4n) is 2.08. The van der Waals surface area contributed by atoms with Crippen LogP contribution in [0.5, 0.6) is 0 Å². The number of benzene rings is 1. The Morgan fingerprint density at radius 2 is 1.76 bits per heavy atom. The fourth-order valence-corrected chi connectivity index (χ4v) is 2.08. The number of ether oxygens (including phenoxy) is 1. The topological polar surface area (TPSA) is 92.7 Å². The second-order valence-electron chi connectivity index (χ2n) is 7.42. The number of carboxylic acid groups (broad SMARTS) is 1. The highest BCUT2D eigenvalue weighted by Crippen LogP contribution is 2.17. The molecule has 0 saturated carbocycles. The molecule has 0 radical (unpaired) electrons. The molecule has 1 amide bonds. The van der Waals surface area contributed by atoms with Gasteiger partial charge in [-0.2, -0.15) is 0 Å². The van der Waals surface area contributed by atoms with Crippen LogP contribution in [0.25, 0.3) is 0 Å². The number of aromatic carboxylic acids is 1. The summed E-state index contributed by atoms with van der Waals surface area (Å²) in [6.07, 6.45) is 0.410. The minimum atomic E-state index is -1.27. The van der Waals surface area contributed by atoms with Gasteiger partial charge >= 0.3 is 11.9 Å². The van der Waals surface area contributed by atoms with Crippen LogP contribution in [0.1, 0.15) is 68.2 Å². The maximum absolute atomic E-state index is 13.9. The van der Waals surface area contributed by atoms with Gasteiger partial charge in [-0.05, 0) is 59.2 Å². The Balaban J connectivity index is 2.71. The lowest BCUT2D eigenvalue weighted by molar-refractivity contribution is -0.155. The van der Waals surface area contributed by atoms with E-state index in [-0.39, 0.29) is 23.5 Å². The Bertz CT molecular complexity index is 677. The average molecular weight is 353 g/mol. The molecule has 6 nitrogen and oxygen atoms in total. The Hall–Kier alpha value is -2.44. The molecule has 0 fully saturated rings. The molecule has 0 unspecified atom stereocenters. The highest BCUT2D eigenvalue weighted by atomic mass is 19.1. The van der Waals surface area contributed by atoms with Gasteiger partial charge < -0.3 is 15.2 Å². The third kappa shape index (κ3) is 6.91. The maximum atomic E-state index is 13.9. The molecule has 0 aliphatic heterocycles. The standard InChI is InChI=1S/C18H24FNO5/c1-17(2,3)25-14(21)8-9-18(4,5)20-15(22)12-7-6-11(16(23)24)10-13(12)19/h6-7,10H,8-9H2,1-5H3,(H,20,22)(H,23,24). The van der Waals surface area contributed by atoms with Gasteiger partial charge in [0.2, 0.25) is 0 Å². The Morgan fingerprint density at radius 3 is 2.24 bits per heavy atom. The van der Waals surface area contributed by atoms with Gasteiger partial charge in [-0.1, -0.05) is 0 Å². The number of carboxylic acids is 1. The third-order valence-corrected chi connectivity index (χ3v) is 3.29. The number of rotatable bonds is 6. The van der Waals surface area contributed by atoms with Crippen molar-refractivity contribution in [3.05, 3.63) is 35.1 Å². The molecule has 138 valence electrons. The van der Waals surface area contributed by atoms with Crippen molar-refractivity contribution in [3.63, 3.8) is 0 Å². The Labute approximate surface area is 146 Å². The predicted molar refractivity (Wildman–Crippen MR) is 90.0 cm³/mol. The lowest BCUT2D eigenvalue weighted by Gasteiger charge is -2.27. The maximum Gasteiger partial charge on any atom is 0.335 e. The van der Waals surface area contributed by atoms with Gasteiger partial charge in [0.15, 0.2) is 0 Å². The first-order valence-electron chi connectivity index (χ1n) is 7.88. The summed E-state index contributed by atoms with van der Waals surface area (Å²) in [7, 11) is 0. The van der Waals surface area contributed by atoms with E-state index in [4.69, 9.17) is 9.84 Å². The van der Waals surface area contributed by atoms with E-state index in [2.05, 4.69) is 5.32 Å². The van der Waals surface area contributed by atoms with Crippen molar-refractivity contribution >= 4 is 17.8 Å². The van der Waals surface area contributed by atoms with Crippen molar-refractivity contribution in [2.75, 3.05) is 0 Å². The van der Waals surface area contributed by atoms with Crippen LogP contribution >= 0.6 is 0 Å². The van der Waals surface area contributed by atoms with Gasteiger partial charge in [-0.15, -0.1) is 0 Å². The molecule has 0 saturated heterocycles. The molecular weight excluding hydrogens is 329 g/mol. The normalized spacial score (nSPS) is 11.8. The summed E-state index contributed by atoms with van der Waals surface area (Å²) in [5.41, 5.74) is -1.85. The van der Waals surface area contributed by atoms with E-state index in [1.165, 1.54) is 0 Å². The number of halogens is 1. The van der Waals surface area contributed by atoms with Gasteiger partial charge in [0.25, 0.3) is 5.91 Å². The van der Waals surface area contributed by atoms with Crippen LogP contribution in [0.3, 0.4) is 0 Å². The monoisotopic (exact) mass is 353 g/mol. The molecule has 1 aromatic carbocycles. The van der Waals surface area contributed by atoms with E-state index in [0.29, 0.717) is 6.42 Å². The van der Waals surface area contributed by atoms with Gasteiger partial charge in [0.05, 0.1) is 11.1 Å². The summed E-state index contributed by atoms with van der Waals surface area (Å²) in [6, 6.07) is 3.08. The van der Waals surface area contributed by atoms with Crippen LogP contribution in [0.4, 0.5) is 4.39 Å². The van der Waals surface area contributed by atoms with Crippen LogP contribution in [0, 0.1) is 5.82 Å². The molecule has 0 atom stereocenters. The summed E-state index contributed by atoms with van der Waals surface area (Å²) >= 11 is 0. The molecule has 1 aromatic rings. The van der Waals surface area contributed by atoms with Crippen LogP contribution < -0.4 is 5.32 Å². The van der Waals surface area contributed by atoms with E-state index in [9.17, 15) is 18.8 Å². The minimum Gasteiger partial charge on any atom is -0.478 e. The van der Waals surface area contributed by atoms with E-state index >= 15 is 0 Å². The third-order valence-electron chi connectivity index (χ3n) is 3.29. The Morgan fingerprint density at radius 1 is 1.16 bits per heavy atom. The van der Waals surface area contributed by atoms with Crippen molar-refractivity contribution in [2.24, 2.45) is 0 Å². The van der Waals surface area contributed by atoms with Crippen LogP contribution in [0.2, 0.25) is 0 Å². The SMILES string of the molecule is CC(C)(CCC(=O)OC(C)(C)C)NC(=O)c1ccc(C(=O)O)cc1F. The lowest BCUT2D eigenvalue weighted by Crippen LogP contribution is -2.44. The number of hydrogen-bond donors (Lipinski definition) is 2. The van der Waals surface area contributed by atoms with Crippen molar-refractivity contribution in [1.82, 2.24) is 5.32 Å². The van der Waals surface area contributed by atoms with Crippen molar-refractivity contribution in [2.45, 2.75) is 58.6 Å². The van der Waals surface area contributed by atoms with E-state index in [1.807, 2.05) is 0 Å². The summed E-state index contributed by atoms with van der Waals surface area (Å²) in [6.45, 7) is 8.71. The Kier molecular flexibility index (Phi) is 6.29. The van der Waals surface area contributed by atoms with Gasteiger partial charge in [0.1, 0.15) is 11.4 Å². The zero-order chi connectivity index (χ0) is 19.4. The molecule has 25 heavy (non-hydrogen) atoms. The van der Waals surface area contributed by atoms with E-state index in [1.54, 1.807) is 34.6 Å². The number of carbonyl (C=O) groups excluding carboxylic acids is 2. The fraction of sp³-hybridized carbons (Fsp3) is 0.500. The zero-order valence-corrected chi connectivity index (χ0v) is 15.1. The number of carbonyl (C=O) groups is 3. The average Bonchev–Trinajstić information content (AvgIpc) is 2.42. The molecule has 0 spiro atoms. The first-order valence-corrected chi connectivity index (χ1v) is 7.88. The molecule has 0 heterocycles. The summed E-state index contributed by atoms with van der Waals surface area (Å²) in [5.74, 6) is -3.25. The molecule has 0 aromatic heterocycles. The molecular formula is C18H24FNO5. The molecule has 0 aliphatic carbocycles. The quantitative estimate of drug-likeness (QED) is 0.767. The summed E-state index contributed by atoms with van der Waals surface area (Å²) in [4.78, 5) is 34.8. The molecule has 7 heteroatoms. The largest absolute Gasteiger partial charge is 0.478 e. The molecule has 2 N–H and O–H groups in total.